The van der Waals surface area contributed by atoms with Gasteiger partial charge in [0.05, 0.1) is 33.6 Å². The van der Waals surface area contributed by atoms with Crippen molar-refractivity contribution in [3.8, 4) is 5.75 Å². The van der Waals surface area contributed by atoms with Gasteiger partial charge in [-0.25, -0.2) is 14.4 Å². The fourth-order valence-corrected chi connectivity index (χ4v) is 5.94. The number of unbranched alkanes of at least 4 members (excludes halogenated alkanes) is 1. The van der Waals surface area contributed by atoms with E-state index in [-0.39, 0.29) is 5.78 Å². The topological polar surface area (TPSA) is 59.7 Å². The molecule has 6 nitrogen and oxygen atoms in total. The number of likely N-dealkylation sites (tertiary alicyclic amines) is 1. The quantitative estimate of drug-likeness (QED) is 0.182. The van der Waals surface area contributed by atoms with Crippen LogP contribution in [0.25, 0.3) is 5.78 Å². The van der Waals surface area contributed by atoms with Gasteiger partial charge in [-0.05, 0) is 94.6 Å². The molecule has 0 spiro atoms. The smallest absolute Gasteiger partial charge is 0.234 e. The summed E-state index contributed by atoms with van der Waals surface area (Å²) >= 11 is 7.16. The number of imidazole rings is 1. The van der Waals surface area contributed by atoms with E-state index < -0.39 is 5.82 Å². The van der Waals surface area contributed by atoms with Crippen molar-refractivity contribution in [3.63, 3.8) is 0 Å². The highest BCUT2D eigenvalue weighted by molar-refractivity contribution is 9.11. The SMILES string of the molecule is CCCCc1nc2ncc(F)cn2c1C(=O)c1cc(Br)c(OCCCN2CCC(C)(C)CC2)c(Br)c1. The lowest BCUT2D eigenvalue weighted by Crippen LogP contribution is -2.38. The van der Waals surface area contributed by atoms with E-state index in [2.05, 4.69) is 67.5 Å². The third kappa shape index (κ3) is 6.34. The Labute approximate surface area is 228 Å². The number of aromatic nitrogens is 3. The number of hydrogen-bond acceptors (Lipinski definition) is 5. The average molecular weight is 624 g/mol. The maximum Gasteiger partial charge on any atom is 0.234 e. The molecule has 2 aromatic heterocycles. The molecule has 1 aliphatic heterocycles. The minimum atomic E-state index is -0.518. The van der Waals surface area contributed by atoms with Crippen LogP contribution in [0.15, 0.2) is 33.5 Å². The molecule has 9 heteroatoms. The van der Waals surface area contributed by atoms with Gasteiger partial charge in [0.2, 0.25) is 11.6 Å². The van der Waals surface area contributed by atoms with Gasteiger partial charge in [-0.2, -0.15) is 0 Å². The molecule has 0 bridgehead atoms. The molecule has 194 valence electrons. The zero-order chi connectivity index (χ0) is 25.9. The van der Waals surface area contributed by atoms with Gasteiger partial charge in [-0.1, -0.05) is 27.2 Å². The number of fused-ring (bicyclic) bond motifs is 1. The molecular formula is C27H33Br2FN4O2. The molecule has 0 aliphatic carbocycles. The largest absolute Gasteiger partial charge is 0.491 e. The van der Waals surface area contributed by atoms with Gasteiger partial charge in [0.1, 0.15) is 11.4 Å². The zero-order valence-corrected chi connectivity index (χ0v) is 24.3. The van der Waals surface area contributed by atoms with Crippen LogP contribution in [0.5, 0.6) is 5.75 Å². The molecule has 3 heterocycles. The van der Waals surface area contributed by atoms with E-state index in [1.165, 1.54) is 23.4 Å². The van der Waals surface area contributed by atoms with Crippen molar-refractivity contribution in [2.24, 2.45) is 5.41 Å². The van der Waals surface area contributed by atoms with Gasteiger partial charge >= 0.3 is 0 Å². The Morgan fingerprint density at radius 3 is 2.53 bits per heavy atom. The van der Waals surface area contributed by atoms with Crippen molar-refractivity contribution in [3.05, 3.63) is 56.2 Å². The molecule has 4 rings (SSSR count). The Kier molecular flexibility index (Phi) is 8.83. The fourth-order valence-electron chi connectivity index (χ4n) is 4.52. The maximum absolute atomic E-state index is 14.0. The van der Waals surface area contributed by atoms with Crippen molar-refractivity contribution in [1.29, 1.82) is 0 Å². The number of benzene rings is 1. The van der Waals surface area contributed by atoms with E-state index in [9.17, 15) is 9.18 Å². The van der Waals surface area contributed by atoms with Gasteiger partial charge in [-0.3, -0.25) is 9.20 Å². The van der Waals surface area contributed by atoms with Crippen LogP contribution in [-0.2, 0) is 6.42 Å². The van der Waals surface area contributed by atoms with Gasteiger partial charge in [0, 0.05) is 12.1 Å². The Hall–Kier alpha value is -1.84. The number of ketones is 1. The van der Waals surface area contributed by atoms with Crippen LogP contribution in [0.3, 0.4) is 0 Å². The molecule has 0 unspecified atom stereocenters. The van der Waals surface area contributed by atoms with Crippen LogP contribution < -0.4 is 4.74 Å². The highest BCUT2D eigenvalue weighted by Gasteiger charge is 2.25. The number of rotatable bonds is 10. The summed E-state index contributed by atoms with van der Waals surface area (Å²) in [5, 5.41) is 0. The third-order valence-corrected chi connectivity index (χ3v) is 8.02. The minimum absolute atomic E-state index is 0.234. The molecule has 1 aromatic carbocycles. The summed E-state index contributed by atoms with van der Waals surface area (Å²) in [4.78, 5) is 24.7. The second-order valence-corrected chi connectivity index (χ2v) is 12.0. The lowest BCUT2D eigenvalue weighted by Gasteiger charge is -2.36. The second-order valence-electron chi connectivity index (χ2n) is 10.3. The van der Waals surface area contributed by atoms with Gasteiger partial charge in [-0.15, -0.1) is 0 Å². The first-order valence-corrected chi connectivity index (χ1v) is 14.2. The number of halogens is 3. The van der Waals surface area contributed by atoms with Crippen LogP contribution in [0, 0.1) is 11.2 Å². The van der Waals surface area contributed by atoms with Crippen molar-refractivity contribution in [2.75, 3.05) is 26.2 Å². The summed E-state index contributed by atoms with van der Waals surface area (Å²) in [7, 11) is 0. The minimum Gasteiger partial charge on any atom is -0.491 e. The van der Waals surface area contributed by atoms with Crippen LogP contribution in [0.4, 0.5) is 4.39 Å². The monoisotopic (exact) mass is 622 g/mol. The van der Waals surface area contributed by atoms with Crippen LogP contribution in [0.1, 0.15) is 74.6 Å². The molecule has 0 radical (unpaired) electrons. The molecule has 1 fully saturated rings. The van der Waals surface area contributed by atoms with Gasteiger partial charge in [0.25, 0.3) is 0 Å². The van der Waals surface area contributed by atoms with Crippen molar-refractivity contribution in [1.82, 2.24) is 19.3 Å². The highest BCUT2D eigenvalue weighted by atomic mass is 79.9. The van der Waals surface area contributed by atoms with E-state index in [0.29, 0.717) is 55.9 Å². The summed E-state index contributed by atoms with van der Waals surface area (Å²) in [6, 6.07) is 3.51. The molecule has 0 amide bonds. The Bertz CT molecular complexity index is 1210. The average Bonchev–Trinajstić information content (AvgIpc) is 3.19. The van der Waals surface area contributed by atoms with E-state index in [0.717, 1.165) is 45.1 Å². The predicted octanol–water partition coefficient (Wildman–Crippen LogP) is 6.86. The van der Waals surface area contributed by atoms with E-state index in [4.69, 9.17) is 4.74 Å². The Morgan fingerprint density at radius 1 is 1.17 bits per heavy atom. The van der Waals surface area contributed by atoms with Crippen molar-refractivity contribution < 1.29 is 13.9 Å². The lowest BCUT2D eigenvalue weighted by molar-refractivity contribution is 0.103. The first-order valence-electron chi connectivity index (χ1n) is 12.6. The van der Waals surface area contributed by atoms with Crippen LogP contribution in [0.2, 0.25) is 0 Å². The first kappa shape index (κ1) is 27.2. The number of ether oxygens (including phenoxy) is 1. The predicted molar refractivity (Wildman–Crippen MR) is 146 cm³/mol. The molecule has 36 heavy (non-hydrogen) atoms. The van der Waals surface area contributed by atoms with E-state index in [1.54, 1.807) is 12.1 Å². The third-order valence-electron chi connectivity index (χ3n) is 6.84. The summed E-state index contributed by atoms with van der Waals surface area (Å²) in [6.07, 6.45) is 8.24. The van der Waals surface area contributed by atoms with Crippen LogP contribution >= 0.6 is 31.9 Å². The number of aryl methyl sites for hydroxylation is 1. The standard InChI is InChI=1S/C27H33Br2FN4O2/c1-4-5-7-22-23(34-17-19(30)16-31-26(34)32-22)24(35)18-14-20(28)25(21(29)15-18)36-13-6-10-33-11-8-27(2,3)9-12-33/h14-17H,4-13H2,1-3H3. The van der Waals surface area contributed by atoms with Crippen LogP contribution in [-0.4, -0.2) is 51.3 Å². The number of piperidine rings is 1. The summed E-state index contributed by atoms with van der Waals surface area (Å²) < 4.78 is 22.9. The Balaban J connectivity index is 1.47. The Morgan fingerprint density at radius 2 is 1.86 bits per heavy atom. The summed E-state index contributed by atoms with van der Waals surface area (Å²) in [5.74, 6) is 0.238. The van der Waals surface area contributed by atoms with Gasteiger partial charge in [0.15, 0.2) is 5.82 Å². The van der Waals surface area contributed by atoms with Crippen molar-refractivity contribution >= 4 is 43.4 Å². The molecule has 0 N–H and O–H groups in total. The second kappa shape index (κ2) is 11.7. The van der Waals surface area contributed by atoms with E-state index in [1.807, 2.05) is 0 Å². The first-order chi connectivity index (χ1) is 17.2. The number of hydrogen-bond donors (Lipinski definition) is 0. The van der Waals surface area contributed by atoms with Crippen molar-refractivity contribution in [2.45, 2.75) is 59.3 Å². The number of carbonyl (C=O) groups is 1. The summed E-state index contributed by atoms with van der Waals surface area (Å²) in [6.45, 7) is 10.6. The number of nitrogens with zero attached hydrogens (tertiary/aromatic N) is 4. The number of carbonyl (C=O) groups excluding carboxylic acids is 1. The maximum atomic E-state index is 14.0. The summed E-state index contributed by atoms with van der Waals surface area (Å²) in [5.41, 5.74) is 1.89. The van der Waals surface area contributed by atoms with Gasteiger partial charge < -0.3 is 9.64 Å². The highest BCUT2D eigenvalue weighted by Crippen LogP contribution is 2.36. The zero-order valence-electron chi connectivity index (χ0n) is 21.1. The molecule has 0 saturated carbocycles. The molecular weight excluding hydrogens is 591 g/mol. The molecule has 0 atom stereocenters. The lowest BCUT2D eigenvalue weighted by atomic mass is 9.83. The van der Waals surface area contributed by atoms with E-state index >= 15 is 0 Å². The normalized spacial score (nSPS) is 15.9. The molecule has 1 saturated heterocycles. The fraction of sp³-hybridized carbons (Fsp3) is 0.519. The molecule has 3 aromatic rings. The molecule has 1 aliphatic rings.